The first-order chi connectivity index (χ1) is 15.2. The number of carbonyl (C=O) groups excluding carboxylic acids is 1. The smallest absolute Gasteiger partial charge is 0.248 e. The van der Waals surface area contributed by atoms with E-state index >= 15 is 0 Å². The molecule has 0 N–H and O–H groups in total. The van der Waals surface area contributed by atoms with E-state index in [-0.39, 0.29) is 29.4 Å². The minimum Gasteiger partial charge on any atom is -0.497 e. The largest absolute Gasteiger partial charge is 0.497 e. The third kappa shape index (κ3) is 5.82. The lowest BCUT2D eigenvalue weighted by Crippen LogP contribution is -2.18. The molecule has 2 aromatic carbocycles. The van der Waals surface area contributed by atoms with Crippen LogP contribution in [0.3, 0.4) is 0 Å². The Balaban J connectivity index is 1.75. The van der Waals surface area contributed by atoms with E-state index < -0.39 is 9.84 Å². The summed E-state index contributed by atoms with van der Waals surface area (Å²) in [5.74, 6) is 1.12. The second-order valence-corrected chi connectivity index (χ2v) is 11.6. The first-order valence-electron chi connectivity index (χ1n) is 10.3. The van der Waals surface area contributed by atoms with Gasteiger partial charge in [-0.1, -0.05) is 11.3 Å². The van der Waals surface area contributed by atoms with Crippen molar-refractivity contribution in [2.24, 2.45) is 4.99 Å². The summed E-state index contributed by atoms with van der Waals surface area (Å²) < 4.78 is 33.3. The number of sulfone groups is 1. The van der Waals surface area contributed by atoms with E-state index in [4.69, 9.17) is 4.74 Å². The van der Waals surface area contributed by atoms with Gasteiger partial charge >= 0.3 is 0 Å². The van der Waals surface area contributed by atoms with Crippen molar-refractivity contribution in [1.29, 1.82) is 0 Å². The summed E-state index contributed by atoms with van der Waals surface area (Å²) in [6, 6.07) is 10.6. The fraction of sp³-hybridized carbons (Fsp3) is 0.391. The van der Waals surface area contributed by atoms with Crippen LogP contribution in [0.15, 0.2) is 46.3 Å². The highest BCUT2D eigenvalue weighted by Gasteiger charge is 2.15. The predicted octanol–water partition coefficient (Wildman–Crippen LogP) is 4.37. The van der Waals surface area contributed by atoms with Gasteiger partial charge in [0.15, 0.2) is 14.6 Å². The number of amides is 1. The van der Waals surface area contributed by atoms with E-state index in [1.54, 1.807) is 23.9 Å². The Bertz CT molecular complexity index is 1270. The Morgan fingerprint density at radius 1 is 1.16 bits per heavy atom. The molecule has 0 aliphatic rings. The monoisotopic (exact) mass is 492 g/mol. The molecule has 0 aliphatic carbocycles. The third-order valence-electron chi connectivity index (χ3n) is 5.26. The molecule has 172 valence electrons. The molecule has 1 heterocycles. The molecule has 3 rings (SSSR count). The first-order valence-corrected chi connectivity index (χ1v) is 14.2. The van der Waals surface area contributed by atoms with Gasteiger partial charge in [-0.05, 0) is 74.0 Å². The number of benzene rings is 2. The zero-order valence-electron chi connectivity index (χ0n) is 18.8. The van der Waals surface area contributed by atoms with Crippen LogP contribution in [0, 0.1) is 13.8 Å². The number of hydrogen-bond donors (Lipinski definition) is 0. The molecular weight excluding hydrogens is 464 g/mol. The molecule has 0 bridgehead atoms. The Labute approximate surface area is 197 Å². The Morgan fingerprint density at radius 3 is 2.50 bits per heavy atom. The van der Waals surface area contributed by atoms with Gasteiger partial charge in [-0.15, -0.1) is 0 Å². The van der Waals surface area contributed by atoms with E-state index in [2.05, 4.69) is 41.8 Å². The van der Waals surface area contributed by atoms with Gasteiger partial charge in [0.2, 0.25) is 5.91 Å². The molecule has 1 aromatic heterocycles. The number of aryl methyl sites for hydroxylation is 3. The van der Waals surface area contributed by atoms with Gasteiger partial charge in [0, 0.05) is 18.7 Å². The van der Waals surface area contributed by atoms with Crippen LogP contribution in [0.1, 0.15) is 24.0 Å². The quantitative estimate of drug-likeness (QED) is 0.443. The second-order valence-electron chi connectivity index (χ2n) is 7.54. The molecular formula is C23H28N2O4S3. The highest BCUT2D eigenvalue weighted by Crippen LogP contribution is 2.22. The van der Waals surface area contributed by atoms with Crippen molar-refractivity contribution in [2.75, 3.05) is 24.9 Å². The number of methoxy groups -OCH3 is 1. The Morgan fingerprint density at radius 2 is 1.84 bits per heavy atom. The van der Waals surface area contributed by atoms with Crippen LogP contribution in [-0.4, -0.2) is 43.8 Å². The van der Waals surface area contributed by atoms with E-state index in [0.717, 1.165) is 22.5 Å². The summed E-state index contributed by atoms with van der Waals surface area (Å²) >= 11 is 3.24. The van der Waals surface area contributed by atoms with E-state index in [9.17, 15) is 13.2 Å². The molecule has 1 amide bonds. The minimum absolute atomic E-state index is 0.0875. The van der Waals surface area contributed by atoms with Gasteiger partial charge in [-0.2, -0.15) is 16.8 Å². The van der Waals surface area contributed by atoms with Gasteiger partial charge < -0.3 is 9.30 Å². The normalized spacial score (nSPS) is 12.4. The average molecular weight is 493 g/mol. The van der Waals surface area contributed by atoms with E-state index in [1.807, 2.05) is 0 Å². The first kappa shape index (κ1) is 24.5. The number of aromatic nitrogens is 1. The number of rotatable bonds is 9. The fourth-order valence-electron chi connectivity index (χ4n) is 3.28. The van der Waals surface area contributed by atoms with Crippen molar-refractivity contribution in [1.82, 2.24) is 4.57 Å². The van der Waals surface area contributed by atoms with Crippen molar-refractivity contribution < 1.29 is 17.9 Å². The summed E-state index contributed by atoms with van der Waals surface area (Å²) in [6.45, 7) is 4.92. The van der Waals surface area contributed by atoms with Gasteiger partial charge in [-0.25, -0.2) is 8.42 Å². The predicted molar refractivity (Wildman–Crippen MR) is 133 cm³/mol. The molecule has 32 heavy (non-hydrogen) atoms. The topological polar surface area (TPSA) is 77.7 Å². The molecule has 0 fully saturated rings. The fourth-order valence-corrected chi connectivity index (χ4v) is 6.11. The van der Waals surface area contributed by atoms with E-state index in [1.165, 1.54) is 41.7 Å². The Kier molecular flexibility index (Phi) is 8.19. The number of fused-ring (bicyclic) bond motifs is 1. The number of carbonyl (C=O) groups is 1. The van der Waals surface area contributed by atoms with Gasteiger partial charge in [0.05, 0.1) is 28.0 Å². The molecule has 3 aromatic rings. The number of nitrogens with zero attached hydrogens (tertiary/aromatic N) is 2. The summed E-state index contributed by atoms with van der Waals surface area (Å²) in [6.07, 6.45) is 2.37. The van der Waals surface area contributed by atoms with Crippen molar-refractivity contribution in [3.05, 3.63) is 52.3 Å². The molecule has 0 saturated heterocycles. The lowest BCUT2D eigenvalue weighted by Gasteiger charge is -2.06. The number of thiazole rings is 1. The van der Waals surface area contributed by atoms with E-state index in [0.29, 0.717) is 10.6 Å². The van der Waals surface area contributed by atoms with Crippen molar-refractivity contribution >= 4 is 49.1 Å². The van der Waals surface area contributed by atoms with Crippen LogP contribution in [0.5, 0.6) is 5.75 Å². The SMILES string of the molecule is COc1ccc(S(=O)(=O)CCCC(=O)N=c2sc3cc(C)c(C)cc3n2CCSC)cc1. The third-order valence-corrected chi connectivity index (χ3v) is 8.71. The highest BCUT2D eigenvalue weighted by molar-refractivity contribution is 7.98. The molecule has 0 atom stereocenters. The lowest BCUT2D eigenvalue weighted by atomic mass is 10.1. The summed E-state index contributed by atoms with van der Waals surface area (Å²) in [5, 5.41) is 0. The Hall–Kier alpha value is -2.10. The number of hydrogen-bond acceptors (Lipinski definition) is 6. The molecule has 0 unspecified atom stereocenters. The average Bonchev–Trinajstić information content (AvgIpc) is 3.07. The van der Waals surface area contributed by atoms with Crippen molar-refractivity contribution in [2.45, 2.75) is 38.1 Å². The van der Waals surface area contributed by atoms with Gasteiger partial charge in [-0.3, -0.25) is 4.79 Å². The van der Waals surface area contributed by atoms with Gasteiger partial charge in [0.25, 0.3) is 0 Å². The molecule has 0 radical (unpaired) electrons. The van der Waals surface area contributed by atoms with Crippen LogP contribution in [0.4, 0.5) is 0 Å². The van der Waals surface area contributed by atoms with Gasteiger partial charge in [0.1, 0.15) is 5.75 Å². The standard InChI is InChI=1S/C23H28N2O4S3/c1-16-14-20-21(15-17(16)2)31-23(25(20)11-12-30-4)24-22(26)6-5-13-32(27,28)19-9-7-18(29-3)8-10-19/h7-10,14-15H,5-6,11-13H2,1-4H3. The zero-order valence-corrected chi connectivity index (χ0v) is 21.2. The number of thioether (sulfide) groups is 1. The molecule has 0 spiro atoms. The van der Waals surface area contributed by atoms with Crippen LogP contribution >= 0.6 is 23.1 Å². The minimum atomic E-state index is -3.46. The maximum atomic E-state index is 12.6. The second kappa shape index (κ2) is 10.7. The molecule has 9 heteroatoms. The summed E-state index contributed by atoms with van der Waals surface area (Å²) in [5.41, 5.74) is 3.49. The summed E-state index contributed by atoms with van der Waals surface area (Å²) in [7, 11) is -1.93. The van der Waals surface area contributed by atoms with Crippen LogP contribution in [-0.2, 0) is 21.2 Å². The van der Waals surface area contributed by atoms with Crippen LogP contribution in [0.25, 0.3) is 10.2 Å². The highest BCUT2D eigenvalue weighted by atomic mass is 32.2. The molecule has 0 aliphatic heterocycles. The zero-order chi connectivity index (χ0) is 23.3. The molecule has 0 saturated carbocycles. The van der Waals surface area contributed by atoms with Crippen LogP contribution < -0.4 is 9.54 Å². The number of ether oxygens (including phenoxy) is 1. The van der Waals surface area contributed by atoms with Crippen molar-refractivity contribution in [3.8, 4) is 5.75 Å². The van der Waals surface area contributed by atoms with Crippen molar-refractivity contribution in [3.63, 3.8) is 0 Å². The maximum absolute atomic E-state index is 12.6. The lowest BCUT2D eigenvalue weighted by molar-refractivity contribution is -0.118. The molecule has 6 nitrogen and oxygen atoms in total. The maximum Gasteiger partial charge on any atom is 0.248 e. The van der Waals surface area contributed by atoms with Crippen LogP contribution in [0.2, 0.25) is 0 Å². The summed E-state index contributed by atoms with van der Waals surface area (Å²) in [4.78, 5) is 17.8.